The highest BCUT2D eigenvalue weighted by molar-refractivity contribution is 7.13. The van der Waals surface area contributed by atoms with E-state index in [0.717, 1.165) is 35.2 Å². The third kappa shape index (κ3) is 7.15. The summed E-state index contributed by atoms with van der Waals surface area (Å²) in [6, 6.07) is 20.1. The van der Waals surface area contributed by atoms with E-state index in [1.165, 1.54) is 18.0 Å². The monoisotopic (exact) mass is 606 g/mol. The van der Waals surface area contributed by atoms with Gasteiger partial charge < -0.3 is 15.1 Å². The molecule has 1 N–H and O–H groups in total. The molecule has 5 rings (SSSR count). The van der Waals surface area contributed by atoms with Crippen LogP contribution in [0.4, 0.5) is 24.5 Å². The summed E-state index contributed by atoms with van der Waals surface area (Å²) in [5.41, 5.74) is 2.41. The van der Waals surface area contributed by atoms with Gasteiger partial charge in [0.25, 0.3) is 11.8 Å². The van der Waals surface area contributed by atoms with Crippen LogP contribution in [-0.2, 0) is 12.7 Å². The van der Waals surface area contributed by atoms with Crippen molar-refractivity contribution in [1.29, 1.82) is 0 Å². The Labute approximate surface area is 253 Å². The first-order valence-electron chi connectivity index (χ1n) is 13.9. The van der Waals surface area contributed by atoms with Crippen molar-refractivity contribution in [2.45, 2.75) is 19.6 Å². The molecule has 1 saturated heterocycles. The fourth-order valence-electron chi connectivity index (χ4n) is 5.07. The molecule has 0 aliphatic carbocycles. The van der Waals surface area contributed by atoms with Crippen molar-refractivity contribution in [3.05, 3.63) is 106 Å². The van der Waals surface area contributed by atoms with Crippen molar-refractivity contribution in [3.63, 3.8) is 0 Å². The van der Waals surface area contributed by atoms with Gasteiger partial charge in [-0.25, -0.2) is 0 Å². The molecule has 1 aliphatic heterocycles. The van der Waals surface area contributed by atoms with Gasteiger partial charge in [0.05, 0.1) is 5.56 Å². The Morgan fingerprint density at radius 3 is 2.40 bits per heavy atom. The summed E-state index contributed by atoms with van der Waals surface area (Å²) in [7, 11) is 3.45. The van der Waals surface area contributed by atoms with E-state index in [0.29, 0.717) is 24.3 Å². The number of thiophene rings is 1. The molecule has 224 valence electrons. The van der Waals surface area contributed by atoms with Gasteiger partial charge >= 0.3 is 6.18 Å². The average Bonchev–Trinajstić information content (AvgIpc) is 3.54. The molecule has 0 atom stereocenters. The largest absolute Gasteiger partial charge is 0.416 e. The molecule has 0 spiro atoms. The quantitative estimate of drug-likeness (QED) is 0.246. The maximum atomic E-state index is 14.1. The highest BCUT2D eigenvalue weighted by Crippen LogP contribution is 2.36. The zero-order valence-electron chi connectivity index (χ0n) is 24.2. The molecule has 1 aliphatic rings. The zero-order valence-corrected chi connectivity index (χ0v) is 25.1. The number of carbonyl (C=O) groups excluding carboxylic acids is 2. The number of nitrogens with zero attached hydrogens (tertiary/aromatic N) is 3. The first-order chi connectivity index (χ1) is 20.5. The van der Waals surface area contributed by atoms with Gasteiger partial charge in [0, 0.05) is 67.2 Å². The molecular weight excluding hydrogens is 573 g/mol. The number of piperazine rings is 1. The molecule has 2 heterocycles. The van der Waals surface area contributed by atoms with Crippen LogP contribution < -0.4 is 10.2 Å². The maximum absolute atomic E-state index is 14.1. The minimum atomic E-state index is -4.57. The third-order valence-electron chi connectivity index (χ3n) is 7.74. The van der Waals surface area contributed by atoms with Crippen LogP contribution in [0.5, 0.6) is 0 Å². The first kappa shape index (κ1) is 30.5. The summed E-state index contributed by atoms with van der Waals surface area (Å²) < 4.78 is 42.4. The number of alkyl halides is 3. The molecule has 1 fully saturated rings. The standard InChI is InChI=1S/C33H33F3N4O2S/c1-22-9-10-25(19-29(22)37-31(41)24-7-4-6-23(18-24)30-8-5-17-43-30)32(42)39(3)27-12-11-26(28(20-27)33(34,35)36)21-40-15-13-38(2)14-16-40/h4-12,17-20H,13-16,21H2,1-3H3,(H,37,41). The average molecular weight is 607 g/mol. The molecule has 4 aromatic rings. The third-order valence-corrected chi connectivity index (χ3v) is 8.66. The maximum Gasteiger partial charge on any atom is 0.416 e. The highest BCUT2D eigenvalue weighted by Gasteiger charge is 2.35. The number of anilines is 2. The number of hydrogen-bond donors (Lipinski definition) is 1. The van der Waals surface area contributed by atoms with Crippen molar-refractivity contribution in [1.82, 2.24) is 9.80 Å². The number of halogens is 3. The normalized spacial score (nSPS) is 14.5. The molecular formula is C33H33F3N4O2S. The van der Waals surface area contributed by atoms with Crippen LogP contribution in [0.15, 0.2) is 78.2 Å². The fraction of sp³-hybridized carbons (Fsp3) is 0.273. The van der Waals surface area contributed by atoms with Crippen LogP contribution in [0, 0.1) is 6.92 Å². The van der Waals surface area contributed by atoms with Crippen LogP contribution in [0.1, 0.15) is 37.4 Å². The Balaban J connectivity index is 1.34. The second-order valence-corrected chi connectivity index (χ2v) is 11.8. The highest BCUT2D eigenvalue weighted by atomic mass is 32.1. The van der Waals surface area contributed by atoms with E-state index in [-0.39, 0.29) is 29.3 Å². The summed E-state index contributed by atoms with van der Waals surface area (Å²) in [6.07, 6.45) is -4.57. The first-order valence-corrected chi connectivity index (χ1v) is 14.8. The number of hydrogen-bond acceptors (Lipinski definition) is 5. The lowest BCUT2D eigenvalue weighted by Gasteiger charge is -2.33. The van der Waals surface area contributed by atoms with Gasteiger partial charge in [-0.2, -0.15) is 13.2 Å². The molecule has 2 amide bonds. The lowest BCUT2D eigenvalue weighted by molar-refractivity contribution is -0.138. The van der Waals surface area contributed by atoms with Gasteiger partial charge in [0.15, 0.2) is 0 Å². The van der Waals surface area contributed by atoms with Crippen LogP contribution in [-0.4, -0.2) is 61.9 Å². The van der Waals surface area contributed by atoms with E-state index in [4.69, 9.17) is 0 Å². The van der Waals surface area contributed by atoms with Gasteiger partial charge in [-0.1, -0.05) is 30.3 Å². The lowest BCUT2D eigenvalue weighted by Crippen LogP contribution is -2.44. The van der Waals surface area contributed by atoms with Crippen molar-refractivity contribution >= 4 is 34.5 Å². The van der Waals surface area contributed by atoms with Gasteiger partial charge in [0.2, 0.25) is 0 Å². The van der Waals surface area contributed by atoms with E-state index in [9.17, 15) is 22.8 Å². The Hall–Kier alpha value is -3.99. The van der Waals surface area contributed by atoms with Crippen LogP contribution in [0.3, 0.4) is 0 Å². The molecule has 1 aromatic heterocycles. The lowest BCUT2D eigenvalue weighted by atomic mass is 10.0. The number of aryl methyl sites for hydroxylation is 1. The van der Waals surface area contributed by atoms with E-state index >= 15 is 0 Å². The molecule has 0 radical (unpaired) electrons. The summed E-state index contributed by atoms with van der Waals surface area (Å²) in [6.45, 7) is 5.00. The predicted octanol–water partition coefficient (Wildman–Crippen LogP) is 7.02. The number of likely N-dealkylation sites (N-methyl/N-ethyl adjacent to an activating group) is 1. The number of amides is 2. The number of rotatable bonds is 7. The van der Waals surface area contributed by atoms with Gasteiger partial charge in [-0.15, -0.1) is 11.3 Å². The fourth-order valence-corrected chi connectivity index (χ4v) is 5.80. The Bertz CT molecular complexity index is 1610. The predicted molar refractivity (Wildman–Crippen MR) is 166 cm³/mol. The zero-order chi connectivity index (χ0) is 30.7. The number of nitrogens with one attached hydrogen (secondary N) is 1. The summed E-state index contributed by atoms with van der Waals surface area (Å²) in [5, 5.41) is 4.86. The van der Waals surface area contributed by atoms with Crippen molar-refractivity contribution < 1.29 is 22.8 Å². The number of carbonyl (C=O) groups is 2. The SMILES string of the molecule is Cc1ccc(C(=O)N(C)c2ccc(CN3CCN(C)CC3)c(C(F)(F)F)c2)cc1NC(=O)c1cccc(-c2cccs2)c1. The molecule has 43 heavy (non-hydrogen) atoms. The topological polar surface area (TPSA) is 55.9 Å². The van der Waals surface area contributed by atoms with Crippen molar-refractivity contribution in [2.24, 2.45) is 0 Å². The van der Waals surface area contributed by atoms with Gasteiger partial charge in [0.1, 0.15) is 0 Å². The second-order valence-electron chi connectivity index (χ2n) is 10.8. The van der Waals surface area contributed by atoms with Gasteiger partial charge in [-0.05, 0) is 78.5 Å². The number of benzene rings is 3. The van der Waals surface area contributed by atoms with Crippen molar-refractivity contribution in [2.75, 3.05) is 50.5 Å². The van der Waals surface area contributed by atoms with E-state index in [1.807, 2.05) is 54.6 Å². The molecule has 0 unspecified atom stereocenters. The molecule has 6 nitrogen and oxygen atoms in total. The second kappa shape index (κ2) is 12.7. The van der Waals surface area contributed by atoms with Gasteiger partial charge in [-0.3, -0.25) is 14.5 Å². The summed E-state index contributed by atoms with van der Waals surface area (Å²) in [4.78, 5) is 33.0. The van der Waals surface area contributed by atoms with Crippen molar-refractivity contribution in [3.8, 4) is 10.4 Å². The Morgan fingerprint density at radius 2 is 1.70 bits per heavy atom. The van der Waals surface area contributed by atoms with E-state index in [1.54, 1.807) is 41.7 Å². The summed E-state index contributed by atoms with van der Waals surface area (Å²) >= 11 is 1.58. The minimum absolute atomic E-state index is 0.135. The molecule has 3 aromatic carbocycles. The summed E-state index contributed by atoms with van der Waals surface area (Å²) in [5.74, 6) is -0.819. The Kier molecular flexibility index (Phi) is 9.00. The van der Waals surface area contributed by atoms with Crippen LogP contribution in [0.25, 0.3) is 10.4 Å². The molecule has 0 saturated carbocycles. The smallest absolute Gasteiger partial charge is 0.322 e. The Morgan fingerprint density at radius 1 is 0.930 bits per heavy atom. The molecule has 10 heteroatoms. The molecule has 0 bridgehead atoms. The van der Waals surface area contributed by atoms with E-state index in [2.05, 4.69) is 10.2 Å². The van der Waals surface area contributed by atoms with E-state index < -0.39 is 17.6 Å². The van der Waals surface area contributed by atoms with Crippen LogP contribution in [0.2, 0.25) is 0 Å². The minimum Gasteiger partial charge on any atom is -0.322 e. The van der Waals surface area contributed by atoms with Crippen LogP contribution >= 0.6 is 11.3 Å².